The molecule has 1 amide bonds. The van der Waals surface area contributed by atoms with Crippen LogP contribution in [0.3, 0.4) is 0 Å². The van der Waals surface area contributed by atoms with Gasteiger partial charge in [-0.15, -0.1) is 11.3 Å². The van der Waals surface area contributed by atoms with Crippen LogP contribution in [0.15, 0.2) is 5.38 Å². The van der Waals surface area contributed by atoms with E-state index in [0.717, 1.165) is 5.01 Å². The number of hydrogen-bond donors (Lipinski definition) is 2. The number of nitrogens with one attached hydrogen (secondary N) is 1. The summed E-state index contributed by atoms with van der Waals surface area (Å²) in [5, 5.41) is 5.21. The lowest BCUT2D eigenvalue weighted by atomic mass is 10.4. The normalized spacial score (nSPS) is 10.8. The molecule has 90 valence electrons. The van der Waals surface area contributed by atoms with E-state index in [1.165, 1.54) is 11.3 Å². The Bertz CT molecular complexity index is 339. The molecule has 0 aliphatic carbocycles. The number of carbonyl (C=O) groups excluding carboxylic acids is 1. The zero-order chi connectivity index (χ0) is 12.0. The third kappa shape index (κ3) is 4.26. The summed E-state index contributed by atoms with van der Waals surface area (Å²) in [6.07, 6.45) is 0.181. The standard InChI is InChI=1S/C10H17N3O2S/c1-7(2)15-4-3-12-10(14)8-6-16-9(5-11)13-8/h6-7H,3-5,11H2,1-2H3,(H,12,14). The zero-order valence-electron chi connectivity index (χ0n) is 9.53. The second-order valence-electron chi connectivity index (χ2n) is 3.51. The van der Waals surface area contributed by atoms with Gasteiger partial charge in [0.1, 0.15) is 10.7 Å². The van der Waals surface area contributed by atoms with Crippen LogP contribution in [0.4, 0.5) is 0 Å². The van der Waals surface area contributed by atoms with E-state index in [0.29, 0.717) is 25.4 Å². The Morgan fingerprint density at radius 3 is 3.00 bits per heavy atom. The van der Waals surface area contributed by atoms with Crippen molar-refractivity contribution >= 4 is 17.2 Å². The van der Waals surface area contributed by atoms with E-state index >= 15 is 0 Å². The first kappa shape index (κ1) is 13.1. The third-order valence-electron chi connectivity index (χ3n) is 1.80. The van der Waals surface area contributed by atoms with Crippen molar-refractivity contribution in [1.29, 1.82) is 0 Å². The Morgan fingerprint density at radius 2 is 2.44 bits per heavy atom. The molecule has 3 N–H and O–H groups in total. The minimum Gasteiger partial charge on any atom is -0.377 e. The summed E-state index contributed by atoms with van der Waals surface area (Å²) < 4.78 is 5.30. The van der Waals surface area contributed by atoms with Crippen molar-refractivity contribution in [2.75, 3.05) is 13.2 Å². The number of thiazole rings is 1. The first-order valence-electron chi connectivity index (χ1n) is 5.17. The summed E-state index contributed by atoms with van der Waals surface area (Å²) in [5.74, 6) is -0.177. The molecule has 6 heteroatoms. The van der Waals surface area contributed by atoms with E-state index in [1.807, 2.05) is 13.8 Å². The fraction of sp³-hybridized carbons (Fsp3) is 0.600. The number of rotatable bonds is 6. The van der Waals surface area contributed by atoms with E-state index in [-0.39, 0.29) is 12.0 Å². The number of amides is 1. The summed E-state index contributed by atoms with van der Waals surface area (Å²) in [6.45, 7) is 5.28. The second-order valence-corrected chi connectivity index (χ2v) is 4.45. The molecule has 1 aromatic rings. The van der Waals surface area contributed by atoms with Gasteiger partial charge in [-0.25, -0.2) is 4.98 Å². The highest BCUT2D eigenvalue weighted by Gasteiger charge is 2.09. The largest absolute Gasteiger partial charge is 0.377 e. The van der Waals surface area contributed by atoms with Crippen molar-refractivity contribution in [2.45, 2.75) is 26.5 Å². The SMILES string of the molecule is CC(C)OCCNC(=O)c1csc(CN)n1. The van der Waals surface area contributed by atoms with Crippen molar-refractivity contribution < 1.29 is 9.53 Å². The Kier molecular flexibility index (Phi) is 5.37. The summed E-state index contributed by atoms with van der Waals surface area (Å²) in [7, 11) is 0. The maximum atomic E-state index is 11.6. The Labute approximate surface area is 99.0 Å². The molecule has 1 heterocycles. The average Bonchev–Trinajstić information content (AvgIpc) is 2.72. The third-order valence-corrected chi connectivity index (χ3v) is 2.67. The van der Waals surface area contributed by atoms with Gasteiger partial charge in [0.25, 0.3) is 5.91 Å². The van der Waals surface area contributed by atoms with E-state index in [1.54, 1.807) is 5.38 Å². The van der Waals surface area contributed by atoms with Crippen LogP contribution in [0.2, 0.25) is 0 Å². The van der Waals surface area contributed by atoms with Gasteiger partial charge in [0, 0.05) is 18.5 Å². The highest BCUT2D eigenvalue weighted by Crippen LogP contribution is 2.08. The number of hydrogen-bond acceptors (Lipinski definition) is 5. The molecular formula is C10H17N3O2S. The molecule has 0 aromatic carbocycles. The maximum Gasteiger partial charge on any atom is 0.270 e. The molecule has 5 nitrogen and oxygen atoms in total. The number of ether oxygens (including phenoxy) is 1. The number of nitrogens with zero attached hydrogens (tertiary/aromatic N) is 1. The Hall–Kier alpha value is -0.980. The van der Waals surface area contributed by atoms with Gasteiger partial charge in [-0.05, 0) is 13.8 Å². The number of aromatic nitrogens is 1. The van der Waals surface area contributed by atoms with Crippen molar-refractivity contribution in [1.82, 2.24) is 10.3 Å². The van der Waals surface area contributed by atoms with Gasteiger partial charge in [-0.1, -0.05) is 0 Å². The fourth-order valence-electron chi connectivity index (χ4n) is 1.06. The van der Waals surface area contributed by atoms with E-state index in [2.05, 4.69) is 10.3 Å². The first-order chi connectivity index (χ1) is 7.63. The van der Waals surface area contributed by atoms with E-state index < -0.39 is 0 Å². The predicted molar refractivity (Wildman–Crippen MR) is 63.4 cm³/mol. The Balaban J connectivity index is 2.29. The topological polar surface area (TPSA) is 77.2 Å². The lowest BCUT2D eigenvalue weighted by Crippen LogP contribution is -2.28. The van der Waals surface area contributed by atoms with Gasteiger partial charge in [0.05, 0.1) is 12.7 Å². The first-order valence-corrected chi connectivity index (χ1v) is 6.05. The lowest BCUT2D eigenvalue weighted by molar-refractivity contribution is 0.0745. The molecule has 0 atom stereocenters. The van der Waals surface area contributed by atoms with Gasteiger partial charge in [-0.2, -0.15) is 0 Å². The zero-order valence-corrected chi connectivity index (χ0v) is 10.3. The summed E-state index contributed by atoms with van der Waals surface area (Å²) in [4.78, 5) is 15.6. The van der Waals surface area contributed by atoms with E-state index in [4.69, 9.17) is 10.5 Å². The van der Waals surface area contributed by atoms with Crippen LogP contribution in [0, 0.1) is 0 Å². The average molecular weight is 243 g/mol. The molecule has 0 saturated heterocycles. The van der Waals surface area contributed by atoms with Crippen molar-refractivity contribution in [3.63, 3.8) is 0 Å². The lowest BCUT2D eigenvalue weighted by Gasteiger charge is -2.07. The summed E-state index contributed by atoms with van der Waals surface area (Å²) in [6, 6.07) is 0. The molecule has 0 saturated carbocycles. The quantitative estimate of drug-likeness (QED) is 0.723. The van der Waals surface area contributed by atoms with Crippen LogP contribution < -0.4 is 11.1 Å². The van der Waals surface area contributed by atoms with Crippen LogP contribution >= 0.6 is 11.3 Å². The molecule has 0 aliphatic rings. The predicted octanol–water partition coefficient (Wildman–Crippen LogP) is 0.757. The maximum absolute atomic E-state index is 11.6. The van der Waals surface area contributed by atoms with Gasteiger partial charge < -0.3 is 15.8 Å². The minimum absolute atomic E-state index is 0.177. The highest BCUT2D eigenvalue weighted by molar-refractivity contribution is 7.09. The highest BCUT2D eigenvalue weighted by atomic mass is 32.1. The van der Waals surface area contributed by atoms with E-state index in [9.17, 15) is 4.79 Å². The smallest absolute Gasteiger partial charge is 0.270 e. The van der Waals surface area contributed by atoms with Crippen LogP contribution in [-0.2, 0) is 11.3 Å². The molecule has 1 rings (SSSR count). The van der Waals surface area contributed by atoms with Crippen molar-refractivity contribution in [3.05, 3.63) is 16.1 Å². The molecule has 0 unspecified atom stereocenters. The monoisotopic (exact) mass is 243 g/mol. The van der Waals surface area contributed by atoms with Gasteiger partial charge in [0.15, 0.2) is 0 Å². The number of nitrogens with two attached hydrogens (primary N) is 1. The molecule has 0 spiro atoms. The summed E-state index contributed by atoms with van der Waals surface area (Å²) >= 11 is 1.39. The van der Waals surface area contributed by atoms with Gasteiger partial charge >= 0.3 is 0 Å². The minimum atomic E-state index is -0.177. The molecule has 0 bridgehead atoms. The molecule has 0 radical (unpaired) electrons. The molecule has 0 aliphatic heterocycles. The number of carbonyl (C=O) groups is 1. The van der Waals surface area contributed by atoms with Crippen LogP contribution in [0.25, 0.3) is 0 Å². The van der Waals surface area contributed by atoms with Gasteiger partial charge in [-0.3, -0.25) is 4.79 Å². The second kappa shape index (κ2) is 6.57. The Morgan fingerprint density at radius 1 is 1.69 bits per heavy atom. The van der Waals surface area contributed by atoms with Crippen LogP contribution in [0.5, 0.6) is 0 Å². The molecule has 16 heavy (non-hydrogen) atoms. The summed E-state index contributed by atoms with van der Waals surface area (Å²) in [5.41, 5.74) is 5.84. The molecule has 0 fully saturated rings. The fourth-order valence-corrected chi connectivity index (χ4v) is 1.71. The van der Waals surface area contributed by atoms with Gasteiger partial charge in [0.2, 0.25) is 0 Å². The van der Waals surface area contributed by atoms with Crippen LogP contribution in [-0.4, -0.2) is 30.1 Å². The molecule has 1 aromatic heterocycles. The van der Waals surface area contributed by atoms with Crippen molar-refractivity contribution in [3.8, 4) is 0 Å². The van der Waals surface area contributed by atoms with Crippen molar-refractivity contribution in [2.24, 2.45) is 5.73 Å². The molecular weight excluding hydrogens is 226 g/mol. The van der Waals surface area contributed by atoms with Crippen LogP contribution in [0.1, 0.15) is 29.3 Å².